The van der Waals surface area contributed by atoms with Crippen molar-refractivity contribution < 1.29 is 4.79 Å². The fraction of sp³-hybridized carbons (Fsp3) is 0.429. The topological polar surface area (TPSA) is 54.3 Å². The number of carbonyl (C=O) groups excluding carboxylic acids is 1. The van der Waals surface area contributed by atoms with E-state index >= 15 is 0 Å². The molecule has 27 heavy (non-hydrogen) atoms. The molecule has 2 aromatic rings. The molecule has 1 N–H and O–H groups in total. The lowest BCUT2D eigenvalue weighted by molar-refractivity contribution is 0.0912. The molecule has 0 bridgehead atoms. The van der Waals surface area contributed by atoms with E-state index in [1.807, 2.05) is 36.9 Å². The van der Waals surface area contributed by atoms with E-state index in [1.54, 1.807) is 22.9 Å². The molecule has 0 unspecified atom stereocenters. The number of nitrogens with zero attached hydrogens (tertiary/aromatic N) is 2. The molecule has 1 amide bonds. The highest BCUT2D eigenvalue weighted by Crippen LogP contribution is 2.31. The lowest BCUT2D eigenvalue weighted by Crippen LogP contribution is -2.53. The van der Waals surface area contributed by atoms with Crippen LogP contribution in [0.1, 0.15) is 27.9 Å². The van der Waals surface area contributed by atoms with Gasteiger partial charge in [-0.2, -0.15) is 11.8 Å². The summed E-state index contributed by atoms with van der Waals surface area (Å²) in [4.78, 5) is 27.7. The number of nitrogens with one attached hydrogen (secondary N) is 1. The highest BCUT2D eigenvalue weighted by Gasteiger charge is 2.36. The number of rotatable bonds is 6. The zero-order valence-corrected chi connectivity index (χ0v) is 17.0. The second-order valence-corrected chi connectivity index (χ2v) is 8.55. The Balaban J connectivity index is 1.75. The molecule has 1 saturated heterocycles. The van der Waals surface area contributed by atoms with E-state index in [2.05, 4.69) is 30.4 Å². The number of aryl methyl sites for hydroxylation is 1. The Kier molecular flexibility index (Phi) is 6.07. The molecule has 1 aliphatic heterocycles. The average molecular weight is 386 g/mol. The number of thioether (sulfide) groups is 1. The summed E-state index contributed by atoms with van der Waals surface area (Å²) in [6, 6.07) is 11.4. The van der Waals surface area contributed by atoms with Gasteiger partial charge in [0.05, 0.1) is 6.54 Å². The largest absolute Gasteiger partial charge is 0.350 e. The van der Waals surface area contributed by atoms with E-state index in [-0.39, 0.29) is 22.6 Å². The van der Waals surface area contributed by atoms with Gasteiger partial charge in [-0.3, -0.25) is 9.59 Å². The van der Waals surface area contributed by atoms with Crippen LogP contribution in [-0.2, 0) is 6.54 Å². The summed E-state index contributed by atoms with van der Waals surface area (Å²) in [6.07, 6.45) is 2.77. The van der Waals surface area contributed by atoms with Crippen LogP contribution in [0.3, 0.4) is 0 Å². The van der Waals surface area contributed by atoms with Gasteiger partial charge in [-0.05, 0) is 50.9 Å². The summed E-state index contributed by atoms with van der Waals surface area (Å²) in [6.45, 7) is 3.04. The fourth-order valence-electron chi connectivity index (χ4n) is 3.43. The van der Waals surface area contributed by atoms with Gasteiger partial charge in [-0.25, -0.2) is 0 Å². The van der Waals surface area contributed by atoms with Gasteiger partial charge in [0.1, 0.15) is 5.56 Å². The van der Waals surface area contributed by atoms with Gasteiger partial charge in [0.25, 0.3) is 11.5 Å². The van der Waals surface area contributed by atoms with Gasteiger partial charge in [-0.1, -0.05) is 29.8 Å². The Morgan fingerprint density at radius 1 is 1.30 bits per heavy atom. The Morgan fingerprint density at radius 2 is 2.11 bits per heavy atom. The van der Waals surface area contributed by atoms with Crippen LogP contribution >= 0.6 is 11.8 Å². The number of benzene rings is 1. The van der Waals surface area contributed by atoms with Gasteiger partial charge in [-0.15, -0.1) is 0 Å². The molecule has 5 nitrogen and oxygen atoms in total. The maximum absolute atomic E-state index is 12.8. The number of aromatic nitrogens is 1. The minimum atomic E-state index is -0.295. The summed E-state index contributed by atoms with van der Waals surface area (Å²) in [7, 11) is 4.10. The first kappa shape index (κ1) is 19.7. The van der Waals surface area contributed by atoms with E-state index in [9.17, 15) is 9.59 Å². The summed E-state index contributed by atoms with van der Waals surface area (Å²) in [5.41, 5.74) is 2.11. The number of likely N-dealkylation sites (N-methyl/N-ethyl adjacent to an activating group) is 1. The summed E-state index contributed by atoms with van der Waals surface area (Å²) in [5, 5.41) is 3.00. The normalized spacial score (nSPS) is 19.4. The third-order valence-electron chi connectivity index (χ3n) is 5.31. The molecule has 0 spiro atoms. The van der Waals surface area contributed by atoms with Crippen LogP contribution in [0.2, 0.25) is 0 Å². The highest BCUT2D eigenvalue weighted by atomic mass is 32.2. The number of pyridine rings is 1. The zero-order valence-electron chi connectivity index (χ0n) is 16.2. The molecule has 6 heteroatoms. The van der Waals surface area contributed by atoms with Crippen molar-refractivity contribution in [3.8, 4) is 0 Å². The minimum Gasteiger partial charge on any atom is -0.350 e. The molecule has 144 valence electrons. The number of hydrogen-bond acceptors (Lipinski definition) is 4. The van der Waals surface area contributed by atoms with Crippen molar-refractivity contribution in [3.05, 3.63) is 69.6 Å². The number of carbonyl (C=O) groups is 1. The fourth-order valence-corrected chi connectivity index (χ4v) is 4.98. The van der Waals surface area contributed by atoms with Crippen molar-refractivity contribution in [2.24, 2.45) is 0 Å². The third-order valence-corrected chi connectivity index (χ3v) is 6.54. The van der Waals surface area contributed by atoms with E-state index in [1.165, 1.54) is 0 Å². The van der Waals surface area contributed by atoms with Crippen LogP contribution in [-0.4, -0.2) is 53.1 Å². The second kappa shape index (κ2) is 8.31. The molecule has 1 atom stereocenters. The van der Waals surface area contributed by atoms with Crippen LogP contribution in [0.5, 0.6) is 0 Å². The molecular weight excluding hydrogens is 358 g/mol. The summed E-state index contributed by atoms with van der Waals surface area (Å²) < 4.78 is 1.59. The first-order chi connectivity index (χ1) is 12.9. The third kappa shape index (κ3) is 4.45. The molecule has 0 aliphatic carbocycles. The van der Waals surface area contributed by atoms with Crippen LogP contribution in [0.4, 0.5) is 0 Å². The maximum atomic E-state index is 12.8. The Morgan fingerprint density at radius 3 is 2.78 bits per heavy atom. The van der Waals surface area contributed by atoms with Crippen LogP contribution in [0, 0.1) is 6.92 Å². The Hall–Kier alpha value is -2.05. The first-order valence-corrected chi connectivity index (χ1v) is 10.4. The number of hydrogen-bond donors (Lipinski definition) is 1. The van der Waals surface area contributed by atoms with Gasteiger partial charge >= 0.3 is 0 Å². The van der Waals surface area contributed by atoms with Gasteiger partial charge in [0.15, 0.2) is 0 Å². The van der Waals surface area contributed by atoms with Crippen molar-refractivity contribution in [2.75, 3.05) is 32.1 Å². The van der Waals surface area contributed by atoms with Crippen molar-refractivity contribution in [3.63, 3.8) is 0 Å². The molecular formula is C21H27N3O2S. The van der Waals surface area contributed by atoms with Crippen molar-refractivity contribution >= 4 is 17.7 Å². The SMILES string of the molecule is Cc1cccc(Cn2cccc(C(=O)NC[C@]3(N(C)C)CCSC3)c2=O)c1. The van der Waals surface area contributed by atoms with E-state index < -0.39 is 0 Å². The van der Waals surface area contributed by atoms with Crippen LogP contribution < -0.4 is 10.9 Å². The molecule has 3 rings (SSSR count). The summed E-state index contributed by atoms with van der Waals surface area (Å²) in [5.74, 6) is 1.80. The second-order valence-electron chi connectivity index (χ2n) is 7.45. The first-order valence-electron chi connectivity index (χ1n) is 9.20. The van der Waals surface area contributed by atoms with Crippen LogP contribution in [0.15, 0.2) is 47.4 Å². The number of amides is 1. The minimum absolute atomic E-state index is 0.0321. The maximum Gasteiger partial charge on any atom is 0.263 e. The van der Waals surface area contributed by atoms with Crippen LogP contribution in [0.25, 0.3) is 0 Å². The van der Waals surface area contributed by atoms with E-state index in [0.29, 0.717) is 13.1 Å². The molecule has 1 fully saturated rings. The smallest absolute Gasteiger partial charge is 0.263 e. The van der Waals surface area contributed by atoms with E-state index in [4.69, 9.17) is 0 Å². The quantitative estimate of drug-likeness (QED) is 0.830. The molecule has 1 aromatic carbocycles. The summed E-state index contributed by atoms with van der Waals surface area (Å²) >= 11 is 1.91. The highest BCUT2D eigenvalue weighted by molar-refractivity contribution is 7.99. The van der Waals surface area contributed by atoms with Crippen molar-refractivity contribution in [1.82, 2.24) is 14.8 Å². The lowest BCUT2D eigenvalue weighted by Gasteiger charge is -2.35. The predicted molar refractivity (Wildman–Crippen MR) is 112 cm³/mol. The predicted octanol–water partition coefficient (Wildman–Crippen LogP) is 2.37. The average Bonchev–Trinajstić information content (AvgIpc) is 3.12. The molecule has 1 aliphatic rings. The Bertz CT molecular complexity index is 870. The van der Waals surface area contributed by atoms with Gasteiger partial charge in [0.2, 0.25) is 0 Å². The van der Waals surface area contributed by atoms with E-state index in [0.717, 1.165) is 29.1 Å². The standard InChI is InChI=1S/C21H27N3O2S/c1-16-6-4-7-17(12-16)13-24-10-5-8-18(20(24)26)19(25)22-14-21(23(2)3)9-11-27-15-21/h4-8,10,12H,9,11,13-15H2,1-3H3,(H,22,25)/t21-/m1/s1. The lowest BCUT2D eigenvalue weighted by atomic mass is 9.97. The monoisotopic (exact) mass is 385 g/mol. The molecule has 0 radical (unpaired) electrons. The molecule has 1 aromatic heterocycles. The van der Waals surface area contributed by atoms with Crippen molar-refractivity contribution in [1.29, 1.82) is 0 Å². The molecule has 2 heterocycles. The van der Waals surface area contributed by atoms with Gasteiger partial charge < -0.3 is 14.8 Å². The van der Waals surface area contributed by atoms with Crippen molar-refractivity contribution in [2.45, 2.75) is 25.4 Å². The Labute approximate surface area is 164 Å². The van der Waals surface area contributed by atoms with Gasteiger partial charge in [0, 0.05) is 24.0 Å². The zero-order chi connectivity index (χ0) is 19.4. The molecule has 0 saturated carbocycles.